The van der Waals surface area contributed by atoms with Crippen molar-refractivity contribution in [2.24, 2.45) is 4.99 Å². The van der Waals surface area contributed by atoms with E-state index in [0.717, 1.165) is 24.3 Å². The Labute approximate surface area is 157 Å². The van der Waals surface area contributed by atoms with Crippen LogP contribution in [0.5, 0.6) is 0 Å². The average molecular weight is 388 g/mol. The van der Waals surface area contributed by atoms with E-state index in [1.165, 1.54) is 10.6 Å². The molecule has 1 aromatic heterocycles. The minimum Gasteiger partial charge on any atom is -0.359 e. The highest BCUT2D eigenvalue weighted by Crippen LogP contribution is 2.22. The predicted molar refractivity (Wildman–Crippen MR) is 105 cm³/mol. The number of hydrogen-bond acceptors (Lipinski definition) is 5. The molecule has 2 N–H and O–H groups in total. The first-order valence-corrected chi connectivity index (χ1v) is 11.1. The van der Waals surface area contributed by atoms with Gasteiger partial charge in [0.1, 0.15) is 0 Å². The third kappa shape index (κ3) is 7.33. The third-order valence-corrected chi connectivity index (χ3v) is 5.71. The lowest BCUT2D eigenvalue weighted by molar-refractivity contribution is 0.368. The van der Waals surface area contributed by atoms with Crippen molar-refractivity contribution in [1.82, 2.24) is 20.1 Å². The van der Waals surface area contributed by atoms with E-state index in [2.05, 4.69) is 34.6 Å². The first-order valence-electron chi connectivity index (χ1n) is 9.20. The maximum absolute atomic E-state index is 11.6. The third-order valence-electron chi connectivity index (χ3n) is 4.33. The highest BCUT2D eigenvalue weighted by molar-refractivity contribution is 7.88. The minimum absolute atomic E-state index is 0.432. The molecule has 8 nitrogen and oxygen atoms in total. The topological polar surface area (TPSA) is 99.8 Å². The number of guanidine groups is 1. The summed E-state index contributed by atoms with van der Waals surface area (Å²) in [6.45, 7) is 8.23. The van der Waals surface area contributed by atoms with Crippen molar-refractivity contribution < 1.29 is 12.9 Å². The van der Waals surface area contributed by atoms with Gasteiger partial charge < -0.3 is 15.2 Å². The highest BCUT2D eigenvalue weighted by Gasteiger charge is 2.14. The van der Waals surface area contributed by atoms with Crippen LogP contribution in [-0.2, 0) is 16.6 Å². The van der Waals surface area contributed by atoms with Crippen molar-refractivity contribution in [1.29, 1.82) is 0 Å². The second-order valence-electron chi connectivity index (χ2n) is 6.19. The second-order valence-corrected chi connectivity index (χ2v) is 8.17. The van der Waals surface area contributed by atoms with E-state index in [4.69, 9.17) is 4.52 Å². The predicted octanol–water partition coefficient (Wildman–Crippen LogP) is 1.91. The van der Waals surface area contributed by atoms with Gasteiger partial charge in [-0.2, -0.15) is 0 Å². The molecule has 9 heteroatoms. The smallest absolute Gasteiger partial charge is 0.211 e. The van der Waals surface area contributed by atoms with Crippen LogP contribution in [0, 0.1) is 0 Å². The van der Waals surface area contributed by atoms with E-state index in [1.54, 1.807) is 7.05 Å². The minimum atomic E-state index is -3.14. The molecule has 0 saturated carbocycles. The normalized spacial score (nSPS) is 12.8. The molecule has 0 aliphatic rings. The molecule has 0 aromatic carbocycles. The van der Waals surface area contributed by atoms with Crippen LogP contribution in [0.3, 0.4) is 0 Å². The first-order chi connectivity index (χ1) is 12.3. The number of sulfonamides is 1. The molecule has 0 fully saturated rings. The van der Waals surface area contributed by atoms with E-state index in [9.17, 15) is 8.42 Å². The summed E-state index contributed by atoms with van der Waals surface area (Å²) in [5.74, 6) is 1.85. The van der Waals surface area contributed by atoms with Crippen LogP contribution in [0.15, 0.2) is 15.6 Å². The van der Waals surface area contributed by atoms with E-state index >= 15 is 0 Å². The summed E-state index contributed by atoms with van der Waals surface area (Å²) in [5.41, 5.74) is 0.996. The van der Waals surface area contributed by atoms with Crippen molar-refractivity contribution in [2.75, 3.05) is 32.9 Å². The summed E-state index contributed by atoms with van der Waals surface area (Å²) in [7, 11) is -1.44. The number of nitrogens with zero attached hydrogens (tertiary/aromatic N) is 3. The molecule has 0 spiro atoms. The summed E-state index contributed by atoms with van der Waals surface area (Å²) < 4.78 is 29.9. The van der Waals surface area contributed by atoms with Crippen LogP contribution < -0.4 is 10.6 Å². The van der Waals surface area contributed by atoms with Crippen LogP contribution in [0.4, 0.5) is 0 Å². The summed E-state index contributed by atoms with van der Waals surface area (Å²) >= 11 is 0. The molecule has 0 amide bonds. The average Bonchev–Trinajstić information content (AvgIpc) is 3.06. The number of nitrogens with one attached hydrogen (secondary N) is 2. The molecule has 0 unspecified atom stereocenters. The quantitative estimate of drug-likeness (QED) is 0.342. The lowest BCUT2D eigenvalue weighted by Crippen LogP contribution is -2.39. The van der Waals surface area contributed by atoms with Gasteiger partial charge in [0.15, 0.2) is 11.7 Å². The molecule has 0 bridgehead atoms. The van der Waals surface area contributed by atoms with Crippen LogP contribution in [0.2, 0.25) is 0 Å². The molecule has 150 valence electrons. The van der Waals surface area contributed by atoms with Gasteiger partial charge in [-0.1, -0.05) is 25.9 Å². The molecular formula is C17H33N5O3S. The van der Waals surface area contributed by atoms with Crippen molar-refractivity contribution in [3.05, 3.63) is 17.5 Å². The van der Waals surface area contributed by atoms with Gasteiger partial charge in [0.25, 0.3) is 0 Å². The molecule has 0 radical (unpaired) electrons. The lowest BCUT2D eigenvalue weighted by Gasteiger charge is -2.18. The molecular weight excluding hydrogens is 354 g/mol. The molecule has 1 aromatic rings. The molecule has 26 heavy (non-hydrogen) atoms. The fraction of sp³-hybridized carbons (Fsp3) is 0.765. The largest absolute Gasteiger partial charge is 0.359 e. The van der Waals surface area contributed by atoms with Crippen molar-refractivity contribution in [3.63, 3.8) is 0 Å². The van der Waals surface area contributed by atoms with Gasteiger partial charge in [-0.3, -0.25) is 4.99 Å². The Morgan fingerprint density at radius 2 is 2.00 bits per heavy atom. The first kappa shape index (κ1) is 22.4. The van der Waals surface area contributed by atoms with Gasteiger partial charge in [-0.25, -0.2) is 12.7 Å². The molecule has 1 rings (SSSR count). The van der Waals surface area contributed by atoms with Crippen molar-refractivity contribution >= 4 is 16.0 Å². The second kappa shape index (κ2) is 11.2. The summed E-state index contributed by atoms with van der Waals surface area (Å²) in [4.78, 5) is 4.16. The molecule has 0 aliphatic heterocycles. The van der Waals surface area contributed by atoms with Gasteiger partial charge in [0.05, 0.1) is 18.5 Å². The summed E-state index contributed by atoms with van der Waals surface area (Å²) in [5, 5.41) is 10.5. The number of hydrogen-bond donors (Lipinski definition) is 2. The van der Waals surface area contributed by atoms with Crippen LogP contribution in [0.25, 0.3) is 0 Å². The zero-order valence-electron chi connectivity index (χ0n) is 16.6. The van der Waals surface area contributed by atoms with E-state index < -0.39 is 10.0 Å². The lowest BCUT2D eigenvalue weighted by atomic mass is 9.99. The van der Waals surface area contributed by atoms with Gasteiger partial charge in [0.2, 0.25) is 10.0 Å². The van der Waals surface area contributed by atoms with Crippen LogP contribution in [-0.4, -0.2) is 56.8 Å². The van der Waals surface area contributed by atoms with Crippen LogP contribution >= 0.6 is 0 Å². The van der Waals surface area contributed by atoms with Crippen LogP contribution in [0.1, 0.15) is 57.4 Å². The summed E-state index contributed by atoms with van der Waals surface area (Å²) in [6.07, 6.45) is 4.02. The Morgan fingerprint density at radius 3 is 2.54 bits per heavy atom. The van der Waals surface area contributed by atoms with Gasteiger partial charge in [-0.05, 0) is 19.3 Å². The number of aromatic nitrogens is 1. The SMILES string of the molecule is CCC(CC)c1cc(CNC(=NC)NCCCN(CC)S(C)(=O)=O)on1. The molecule has 0 atom stereocenters. The maximum Gasteiger partial charge on any atom is 0.211 e. The van der Waals surface area contributed by atoms with Crippen molar-refractivity contribution in [2.45, 2.75) is 52.5 Å². The zero-order valence-corrected chi connectivity index (χ0v) is 17.4. The maximum atomic E-state index is 11.6. The Morgan fingerprint density at radius 1 is 1.31 bits per heavy atom. The summed E-state index contributed by atoms with van der Waals surface area (Å²) in [6, 6.07) is 1.99. The Bertz CT molecular complexity index is 653. The Kier molecular flexibility index (Phi) is 9.64. The van der Waals surface area contributed by atoms with E-state index in [1.807, 2.05) is 13.0 Å². The molecule has 0 saturated heterocycles. The Hall–Kier alpha value is -1.61. The monoisotopic (exact) mass is 387 g/mol. The fourth-order valence-corrected chi connectivity index (χ4v) is 3.65. The molecule has 1 heterocycles. The van der Waals surface area contributed by atoms with Gasteiger partial charge in [-0.15, -0.1) is 0 Å². The highest BCUT2D eigenvalue weighted by atomic mass is 32.2. The number of aliphatic imine (C=N–C) groups is 1. The standard InChI is InChI=1S/C17H33N5O3S/c1-6-14(7-2)16-12-15(25-21-16)13-20-17(18-4)19-10-9-11-22(8-3)26(5,23)24/h12,14H,6-11,13H2,1-5H3,(H2,18,19,20). The zero-order chi connectivity index (χ0) is 19.6. The van der Waals surface area contributed by atoms with Gasteiger partial charge >= 0.3 is 0 Å². The Balaban J connectivity index is 2.40. The van der Waals surface area contributed by atoms with E-state index in [0.29, 0.717) is 44.5 Å². The van der Waals surface area contributed by atoms with Gasteiger partial charge in [0, 0.05) is 38.7 Å². The van der Waals surface area contributed by atoms with Crippen molar-refractivity contribution in [3.8, 4) is 0 Å². The fourth-order valence-electron chi connectivity index (χ4n) is 2.72. The number of rotatable bonds is 11. The molecule has 0 aliphatic carbocycles. The van der Waals surface area contributed by atoms with E-state index in [-0.39, 0.29) is 0 Å².